The molecule has 6 atom stereocenters. The molecule has 7 nitrogen and oxygen atoms in total. The standard InChI is InChI=1S/C22H31F2NO6/c1-7-22(20(28)29)12(3)25-17(18(30-5)31-6)21(4,19(26)27)16(22)13-9-8-10-14(24)15(13)11(2)23/h8-12,16-18,25H,7H2,1-6H3,(H,26,27)(H,28,29). The van der Waals surface area contributed by atoms with Crippen molar-refractivity contribution in [2.24, 2.45) is 10.8 Å². The number of halogens is 2. The summed E-state index contributed by atoms with van der Waals surface area (Å²) < 4.78 is 40.0. The number of alkyl halides is 1. The van der Waals surface area contributed by atoms with Gasteiger partial charge in [-0.3, -0.25) is 9.59 Å². The van der Waals surface area contributed by atoms with Gasteiger partial charge in [-0.1, -0.05) is 19.1 Å². The van der Waals surface area contributed by atoms with E-state index in [-0.39, 0.29) is 17.5 Å². The number of ether oxygens (including phenoxy) is 2. The molecule has 6 unspecified atom stereocenters. The van der Waals surface area contributed by atoms with E-state index in [2.05, 4.69) is 5.32 Å². The second-order valence-electron chi connectivity index (χ2n) is 8.28. The highest BCUT2D eigenvalue weighted by atomic mass is 19.1. The molecule has 0 spiro atoms. The van der Waals surface area contributed by atoms with E-state index in [9.17, 15) is 28.6 Å². The summed E-state index contributed by atoms with van der Waals surface area (Å²) in [5.41, 5.74) is -3.84. The quantitative estimate of drug-likeness (QED) is 0.528. The number of piperidine rings is 1. The number of nitrogens with one attached hydrogen (secondary N) is 1. The van der Waals surface area contributed by atoms with Crippen LogP contribution < -0.4 is 5.32 Å². The Morgan fingerprint density at radius 3 is 2.23 bits per heavy atom. The highest BCUT2D eigenvalue weighted by Gasteiger charge is 2.67. The third-order valence-electron chi connectivity index (χ3n) is 6.94. The fourth-order valence-electron chi connectivity index (χ4n) is 5.34. The van der Waals surface area contributed by atoms with Gasteiger partial charge in [-0.05, 0) is 38.8 Å². The number of aliphatic carboxylic acids is 2. The van der Waals surface area contributed by atoms with Gasteiger partial charge >= 0.3 is 11.9 Å². The van der Waals surface area contributed by atoms with Crippen molar-refractivity contribution in [3.05, 3.63) is 35.1 Å². The third kappa shape index (κ3) is 3.72. The highest BCUT2D eigenvalue weighted by Crippen LogP contribution is 2.58. The van der Waals surface area contributed by atoms with Gasteiger partial charge in [0.1, 0.15) is 12.0 Å². The van der Waals surface area contributed by atoms with E-state index in [1.54, 1.807) is 13.8 Å². The van der Waals surface area contributed by atoms with Crippen LogP contribution in [0.4, 0.5) is 8.78 Å². The molecule has 0 aliphatic carbocycles. The largest absolute Gasteiger partial charge is 0.481 e. The highest BCUT2D eigenvalue weighted by molar-refractivity contribution is 5.84. The Kier molecular flexibility index (Phi) is 7.45. The minimum Gasteiger partial charge on any atom is -0.481 e. The van der Waals surface area contributed by atoms with Crippen molar-refractivity contribution < 1.29 is 38.1 Å². The van der Waals surface area contributed by atoms with Gasteiger partial charge in [0, 0.05) is 31.7 Å². The summed E-state index contributed by atoms with van der Waals surface area (Å²) in [6.07, 6.45) is -2.80. The number of carboxylic acid groups (broad SMARTS) is 2. The van der Waals surface area contributed by atoms with Gasteiger partial charge < -0.3 is 25.0 Å². The first kappa shape index (κ1) is 25.2. The molecule has 1 aromatic carbocycles. The van der Waals surface area contributed by atoms with Crippen LogP contribution in [0.2, 0.25) is 0 Å². The Morgan fingerprint density at radius 1 is 1.23 bits per heavy atom. The van der Waals surface area contributed by atoms with Crippen molar-refractivity contribution in [3.63, 3.8) is 0 Å². The summed E-state index contributed by atoms with van der Waals surface area (Å²) in [7, 11) is 2.68. The minimum atomic E-state index is -1.85. The summed E-state index contributed by atoms with van der Waals surface area (Å²) >= 11 is 0. The maximum absolute atomic E-state index is 14.8. The minimum absolute atomic E-state index is 0.0217. The molecule has 0 saturated carbocycles. The van der Waals surface area contributed by atoms with E-state index < -0.39 is 59.0 Å². The molecule has 1 aliphatic rings. The molecule has 174 valence electrons. The summed E-state index contributed by atoms with van der Waals surface area (Å²) in [5, 5.41) is 23.8. The molecule has 31 heavy (non-hydrogen) atoms. The number of hydrogen-bond donors (Lipinski definition) is 3. The summed E-state index contributed by atoms with van der Waals surface area (Å²) in [6.45, 7) is 5.77. The SMILES string of the molecule is CCC1(C(=O)O)C(C)NC(C(OC)OC)C(C)(C(=O)O)C1c1cccc(F)c1C(C)F. The van der Waals surface area contributed by atoms with Crippen molar-refractivity contribution >= 4 is 11.9 Å². The molecular weight excluding hydrogens is 412 g/mol. The first-order valence-electron chi connectivity index (χ1n) is 10.2. The van der Waals surface area contributed by atoms with Gasteiger partial charge in [0.25, 0.3) is 0 Å². The Hall–Kier alpha value is -2.10. The van der Waals surface area contributed by atoms with E-state index in [0.29, 0.717) is 0 Å². The Bertz CT molecular complexity index is 830. The Balaban J connectivity index is 3.00. The van der Waals surface area contributed by atoms with Gasteiger partial charge in [0.15, 0.2) is 6.29 Å². The normalized spacial score (nSPS) is 32.1. The molecule has 0 bridgehead atoms. The molecule has 0 radical (unpaired) electrons. The van der Waals surface area contributed by atoms with Crippen LogP contribution in [0.25, 0.3) is 0 Å². The van der Waals surface area contributed by atoms with Crippen LogP contribution >= 0.6 is 0 Å². The van der Waals surface area contributed by atoms with Crippen molar-refractivity contribution in [1.29, 1.82) is 0 Å². The van der Waals surface area contributed by atoms with E-state index in [1.165, 1.54) is 33.3 Å². The van der Waals surface area contributed by atoms with Crippen molar-refractivity contribution in [1.82, 2.24) is 5.32 Å². The lowest BCUT2D eigenvalue weighted by atomic mass is 9.50. The zero-order chi connectivity index (χ0) is 23.7. The van der Waals surface area contributed by atoms with Crippen molar-refractivity contribution in [3.8, 4) is 0 Å². The van der Waals surface area contributed by atoms with Crippen LogP contribution in [0.1, 0.15) is 57.3 Å². The van der Waals surface area contributed by atoms with E-state index in [1.807, 2.05) is 0 Å². The third-order valence-corrected chi connectivity index (χ3v) is 6.94. The summed E-state index contributed by atoms with van der Waals surface area (Å²) in [5.74, 6) is -4.73. The average Bonchev–Trinajstić information content (AvgIpc) is 2.69. The van der Waals surface area contributed by atoms with Crippen LogP contribution in [0.3, 0.4) is 0 Å². The van der Waals surface area contributed by atoms with Gasteiger partial charge in [-0.25, -0.2) is 8.78 Å². The van der Waals surface area contributed by atoms with Crippen LogP contribution in [0.15, 0.2) is 18.2 Å². The van der Waals surface area contributed by atoms with Crippen LogP contribution in [-0.4, -0.2) is 54.7 Å². The monoisotopic (exact) mass is 443 g/mol. The second kappa shape index (κ2) is 9.18. The number of benzene rings is 1. The Morgan fingerprint density at radius 2 is 1.81 bits per heavy atom. The van der Waals surface area contributed by atoms with Crippen LogP contribution in [0, 0.1) is 16.6 Å². The second-order valence-corrected chi connectivity index (χ2v) is 8.28. The van der Waals surface area contributed by atoms with Gasteiger partial charge in [0.2, 0.25) is 0 Å². The smallest absolute Gasteiger partial charge is 0.311 e. The van der Waals surface area contributed by atoms with E-state index in [4.69, 9.17) is 9.47 Å². The van der Waals surface area contributed by atoms with E-state index in [0.717, 1.165) is 13.0 Å². The molecule has 1 fully saturated rings. The molecule has 1 aromatic rings. The lowest BCUT2D eigenvalue weighted by molar-refractivity contribution is -0.199. The first-order valence-corrected chi connectivity index (χ1v) is 10.2. The topological polar surface area (TPSA) is 105 Å². The fraction of sp³-hybridized carbons (Fsp3) is 0.636. The van der Waals surface area contributed by atoms with Gasteiger partial charge in [-0.15, -0.1) is 0 Å². The number of carbonyl (C=O) groups is 2. The lowest BCUT2D eigenvalue weighted by Crippen LogP contribution is -2.72. The lowest BCUT2D eigenvalue weighted by Gasteiger charge is -2.57. The Labute approximate surface area is 180 Å². The molecular formula is C22H31F2NO6. The van der Waals surface area contributed by atoms with Crippen LogP contribution in [-0.2, 0) is 19.1 Å². The molecule has 2 rings (SSSR count). The predicted molar refractivity (Wildman–Crippen MR) is 109 cm³/mol. The number of rotatable bonds is 8. The average molecular weight is 443 g/mol. The van der Waals surface area contributed by atoms with Crippen LogP contribution in [0.5, 0.6) is 0 Å². The molecule has 1 heterocycles. The molecule has 3 N–H and O–H groups in total. The summed E-state index contributed by atoms with van der Waals surface area (Å²) in [4.78, 5) is 25.5. The molecule has 0 amide bonds. The predicted octanol–water partition coefficient (Wildman–Crippen LogP) is 3.49. The zero-order valence-electron chi connectivity index (χ0n) is 18.6. The number of carboxylic acids is 2. The molecule has 1 aliphatic heterocycles. The van der Waals surface area contributed by atoms with Crippen molar-refractivity contribution in [2.75, 3.05) is 14.2 Å². The van der Waals surface area contributed by atoms with E-state index >= 15 is 0 Å². The van der Waals surface area contributed by atoms with Crippen molar-refractivity contribution in [2.45, 2.75) is 64.6 Å². The zero-order valence-corrected chi connectivity index (χ0v) is 18.6. The fourth-order valence-corrected chi connectivity index (χ4v) is 5.34. The first-order chi connectivity index (χ1) is 14.4. The maximum Gasteiger partial charge on any atom is 0.311 e. The van der Waals surface area contributed by atoms with Gasteiger partial charge in [-0.2, -0.15) is 0 Å². The summed E-state index contributed by atoms with van der Waals surface area (Å²) in [6, 6.07) is 2.06. The maximum atomic E-state index is 14.8. The van der Waals surface area contributed by atoms with Gasteiger partial charge in [0.05, 0.1) is 16.9 Å². The number of methoxy groups -OCH3 is 2. The molecule has 9 heteroatoms. The number of hydrogen-bond acceptors (Lipinski definition) is 5. The molecule has 0 aromatic heterocycles. The molecule has 1 saturated heterocycles.